The minimum absolute atomic E-state index is 0.0620. The number of aromatic nitrogens is 1. The standard InChI is InChI=1S/C22H23FN2O3/c23-17-12-10-16(11-13-17)14-24(18-6-2-1-3-7-18)21(26)15-25-19-8-4-5-9-20(19)28-22(25)27/h4-5,8-13,18H,1-3,6-7,14-15H2. The average Bonchev–Trinajstić information content (AvgIpc) is 3.03. The van der Waals surface area contributed by atoms with Crippen molar-refractivity contribution >= 4 is 17.0 Å². The third kappa shape index (κ3) is 3.86. The first-order chi connectivity index (χ1) is 13.6. The zero-order valence-electron chi connectivity index (χ0n) is 15.6. The Bertz CT molecular complexity index is 1020. The molecule has 1 saturated carbocycles. The van der Waals surface area contributed by atoms with Gasteiger partial charge in [-0.05, 0) is 42.7 Å². The molecule has 28 heavy (non-hydrogen) atoms. The molecule has 1 amide bonds. The molecule has 0 atom stereocenters. The SMILES string of the molecule is O=C(Cn1c(=O)oc2ccccc21)N(Cc1ccc(F)cc1)C1CCCCC1. The van der Waals surface area contributed by atoms with E-state index in [-0.39, 0.29) is 24.3 Å². The van der Waals surface area contributed by atoms with Crippen LogP contribution in [0.25, 0.3) is 11.1 Å². The summed E-state index contributed by atoms with van der Waals surface area (Å²) in [7, 11) is 0. The molecule has 1 aliphatic rings. The lowest BCUT2D eigenvalue weighted by molar-refractivity contribution is -0.135. The Morgan fingerprint density at radius 2 is 1.79 bits per heavy atom. The van der Waals surface area contributed by atoms with Crippen LogP contribution < -0.4 is 5.76 Å². The van der Waals surface area contributed by atoms with Crippen LogP contribution in [-0.2, 0) is 17.9 Å². The first-order valence-electron chi connectivity index (χ1n) is 9.74. The number of amides is 1. The molecule has 1 aliphatic carbocycles. The van der Waals surface area contributed by atoms with Crippen LogP contribution in [0.2, 0.25) is 0 Å². The highest BCUT2D eigenvalue weighted by Crippen LogP contribution is 2.25. The largest absolute Gasteiger partial charge is 0.420 e. The molecule has 0 spiro atoms. The van der Waals surface area contributed by atoms with Crippen molar-refractivity contribution in [2.24, 2.45) is 0 Å². The number of carbonyl (C=O) groups excluding carboxylic acids is 1. The van der Waals surface area contributed by atoms with Crippen LogP contribution in [0, 0.1) is 5.82 Å². The second-order valence-corrected chi connectivity index (χ2v) is 7.36. The van der Waals surface area contributed by atoms with Crippen LogP contribution in [0.4, 0.5) is 4.39 Å². The number of halogens is 1. The Kier molecular flexibility index (Phi) is 5.28. The van der Waals surface area contributed by atoms with E-state index >= 15 is 0 Å². The summed E-state index contributed by atoms with van der Waals surface area (Å²) in [5.74, 6) is -0.944. The van der Waals surface area contributed by atoms with Crippen molar-refractivity contribution in [3.05, 3.63) is 70.5 Å². The van der Waals surface area contributed by atoms with E-state index in [1.807, 2.05) is 11.0 Å². The van der Waals surface area contributed by atoms with Gasteiger partial charge in [-0.3, -0.25) is 9.36 Å². The van der Waals surface area contributed by atoms with Crippen LogP contribution >= 0.6 is 0 Å². The van der Waals surface area contributed by atoms with Gasteiger partial charge in [-0.1, -0.05) is 43.5 Å². The normalized spacial score (nSPS) is 15.0. The molecule has 1 heterocycles. The van der Waals surface area contributed by atoms with Gasteiger partial charge in [0.2, 0.25) is 5.91 Å². The number of oxazole rings is 1. The van der Waals surface area contributed by atoms with Crippen LogP contribution in [0.5, 0.6) is 0 Å². The average molecular weight is 382 g/mol. The van der Waals surface area contributed by atoms with Crippen molar-refractivity contribution in [2.75, 3.05) is 0 Å². The fourth-order valence-electron chi connectivity index (χ4n) is 3.99. The van der Waals surface area contributed by atoms with Gasteiger partial charge in [0.1, 0.15) is 12.4 Å². The third-order valence-electron chi connectivity index (χ3n) is 5.47. The molecule has 5 nitrogen and oxygen atoms in total. The Balaban J connectivity index is 1.61. The summed E-state index contributed by atoms with van der Waals surface area (Å²) >= 11 is 0. The maximum atomic E-state index is 13.3. The molecule has 0 radical (unpaired) electrons. The van der Waals surface area contributed by atoms with Gasteiger partial charge in [0.05, 0.1) is 5.52 Å². The minimum Gasteiger partial charge on any atom is -0.408 e. The molecule has 1 aromatic heterocycles. The molecule has 0 unspecified atom stereocenters. The van der Waals surface area contributed by atoms with E-state index in [0.717, 1.165) is 31.2 Å². The van der Waals surface area contributed by atoms with Gasteiger partial charge in [0.15, 0.2) is 5.58 Å². The zero-order chi connectivity index (χ0) is 19.5. The molecule has 0 bridgehead atoms. The lowest BCUT2D eigenvalue weighted by atomic mass is 9.93. The highest BCUT2D eigenvalue weighted by Gasteiger charge is 2.26. The predicted molar refractivity (Wildman–Crippen MR) is 104 cm³/mol. The lowest BCUT2D eigenvalue weighted by Gasteiger charge is -2.34. The maximum Gasteiger partial charge on any atom is 0.420 e. The van der Waals surface area contributed by atoms with Crippen LogP contribution in [-0.4, -0.2) is 21.4 Å². The summed E-state index contributed by atoms with van der Waals surface area (Å²) in [5, 5.41) is 0. The van der Waals surface area contributed by atoms with Crippen LogP contribution in [0.3, 0.4) is 0 Å². The van der Waals surface area contributed by atoms with E-state index in [0.29, 0.717) is 17.6 Å². The van der Waals surface area contributed by atoms with Crippen molar-refractivity contribution in [1.29, 1.82) is 0 Å². The zero-order valence-corrected chi connectivity index (χ0v) is 15.6. The molecule has 0 saturated heterocycles. The molecule has 1 fully saturated rings. The summed E-state index contributed by atoms with van der Waals surface area (Å²) in [5.41, 5.74) is 1.97. The van der Waals surface area contributed by atoms with Crippen molar-refractivity contribution in [3.63, 3.8) is 0 Å². The van der Waals surface area contributed by atoms with Crippen LogP contribution in [0.15, 0.2) is 57.7 Å². The van der Waals surface area contributed by atoms with Gasteiger partial charge in [-0.25, -0.2) is 9.18 Å². The van der Waals surface area contributed by atoms with E-state index in [9.17, 15) is 14.0 Å². The van der Waals surface area contributed by atoms with Crippen LogP contribution in [0.1, 0.15) is 37.7 Å². The summed E-state index contributed by atoms with van der Waals surface area (Å²) in [6.07, 6.45) is 5.27. The van der Waals surface area contributed by atoms with E-state index < -0.39 is 5.76 Å². The molecular weight excluding hydrogens is 359 g/mol. The number of nitrogens with zero attached hydrogens (tertiary/aromatic N) is 2. The minimum atomic E-state index is -0.528. The fraction of sp³-hybridized carbons (Fsp3) is 0.364. The molecule has 3 aromatic rings. The third-order valence-corrected chi connectivity index (χ3v) is 5.47. The Hall–Kier alpha value is -2.89. The summed E-state index contributed by atoms with van der Waals surface area (Å²) in [6.45, 7) is 0.349. The van der Waals surface area contributed by atoms with Gasteiger partial charge in [-0.15, -0.1) is 0 Å². The predicted octanol–water partition coefficient (Wildman–Crippen LogP) is 4.10. The van der Waals surface area contributed by atoms with Gasteiger partial charge < -0.3 is 9.32 Å². The summed E-state index contributed by atoms with van der Waals surface area (Å²) in [6, 6.07) is 13.5. The van der Waals surface area contributed by atoms with Gasteiger partial charge >= 0.3 is 5.76 Å². The Labute approximate surface area is 162 Å². The highest BCUT2D eigenvalue weighted by molar-refractivity contribution is 5.80. The van der Waals surface area contributed by atoms with Crippen molar-refractivity contribution < 1.29 is 13.6 Å². The molecule has 146 valence electrons. The number of rotatable bonds is 5. The smallest absolute Gasteiger partial charge is 0.408 e. The second-order valence-electron chi connectivity index (χ2n) is 7.36. The lowest BCUT2D eigenvalue weighted by Crippen LogP contribution is -2.43. The maximum absolute atomic E-state index is 13.3. The van der Waals surface area contributed by atoms with Crippen molar-refractivity contribution in [3.8, 4) is 0 Å². The Morgan fingerprint density at radius 3 is 2.54 bits per heavy atom. The fourth-order valence-corrected chi connectivity index (χ4v) is 3.99. The highest BCUT2D eigenvalue weighted by atomic mass is 19.1. The first-order valence-corrected chi connectivity index (χ1v) is 9.74. The van der Waals surface area contributed by atoms with Gasteiger partial charge in [-0.2, -0.15) is 0 Å². The van der Waals surface area contributed by atoms with E-state index in [4.69, 9.17) is 4.42 Å². The molecule has 2 aromatic carbocycles. The van der Waals surface area contributed by atoms with E-state index in [2.05, 4.69) is 0 Å². The molecule has 6 heteroatoms. The molecular formula is C22H23FN2O3. The first kappa shape index (κ1) is 18.5. The number of hydrogen-bond acceptors (Lipinski definition) is 3. The topological polar surface area (TPSA) is 55.5 Å². The van der Waals surface area contributed by atoms with Gasteiger partial charge in [0, 0.05) is 12.6 Å². The number of para-hydroxylation sites is 2. The van der Waals surface area contributed by atoms with Gasteiger partial charge in [0.25, 0.3) is 0 Å². The number of carbonyl (C=O) groups is 1. The number of fused-ring (bicyclic) bond motifs is 1. The number of hydrogen-bond donors (Lipinski definition) is 0. The molecule has 0 N–H and O–H groups in total. The second kappa shape index (κ2) is 8.00. The summed E-state index contributed by atoms with van der Waals surface area (Å²) in [4.78, 5) is 27.3. The number of benzene rings is 2. The quantitative estimate of drug-likeness (QED) is 0.668. The van der Waals surface area contributed by atoms with Crippen molar-refractivity contribution in [1.82, 2.24) is 9.47 Å². The molecule has 0 aliphatic heterocycles. The molecule has 4 rings (SSSR count). The van der Waals surface area contributed by atoms with Crippen molar-refractivity contribution in [2.45, 2.75) is 51.2 Å². The monoisotopic (exact) mass is 382 g/mol. The van der Waals surface area contributed by atoms with E-state index in [1.54, 1.807) is 30.3 Å². The van der Waals surface area contributed by atoms with E-state index in [1.165, 1.54) is 23.1 Å². The Morgan fingerprint density at radius 1 is 1.07 bits per heavy atom. The summed E-state index contributed by atoms with van der Waals surface area (Å²) < 4.78 is 19.9.